The molecule has 1 aromatic heterocycles. The molecule has 0 aliphatic carbocycles. The lowest BCUT2D eigenvalue weighted by atomic mass is 9.97. The average molecular weight is 444 g/mol. The van der Waals surface area contributed by atoms with Crippen LogP contribution in [-0.4, -0.2) is 50.1 Å². The zero-order valence-corrected chi connectivity index (χ0v) is 18.3. The second kappa shape index (κ2) is 10.4. The molecule has 0 fully saturated rings. The summed E-state index contributed by atoms with van der Waals surface area (Å²) in [5, 5.41) is 3.30. The molecule has 32 heavy (non-hydrogen) atoms. The molecule has 1 N–H and O–H groups in total. The highest BCUT2D eigenvalue weighted by atomic mass is 19.3. The van der Waals surface area contributed by atoms with Crippen LogP contribution in [-0.2, 0) is 4.74 Å². The zero-order chi connectivity index (χ0) is 23.3. The Balaban J connectivity index is 2.04. The Bertz CT molecular complexity index is 1110. The predicted molar refractivity (Wildman–Crippen MR) is 118 cm³/mol. The summed E-state index contributed by atoms with van der Waals surface area (Å²) in [7, 11) is 1.22. The fraction of sp³-hybridized carbons (Fsp3) is 0.333. The van der Waals surface area contributed by atoms with Crippen LogP contribution in [0.25, 0.3) is 22.1 Å². The van der Waals surface area contributed by atoms with E-state index in [-0.39, 0.29) is 22.3 Å². The molecule has 0 atom stereocenters. The van der Waals surface area contributed by atoms with Crippen LogP contribution in [0.3, 0.4) is 0 Å². The molecule has 0 radical (unpaired) electrons. The van der Waals surface area contributed by atoms with Gasteiger partial charge in [-0.25, -0.2) is 13.6 Å². The zero-order valence-electron chi connectivity index (χ0n) is 18.3. The van der Waals surface area contributed by atoms with Crippen molar-refractivity contribution in [2.45, 2.75) is 20.3 Å². The minimum Gasteiger partial charge on any atom is -0.465 e. The lowest BCUT2D eigenvalue weighted by Gasteiger charge is -2.18. The van der Waals surface area contributed by atoms with Crippen molar-refractivity contribution in [2.75, 3.05) is 33.3 Å². The summed E-state index contributed by atoms with van der Waals surface area (Å²) in [6, 6.07) is 11.0. The van der Waals surface area contributed by atoms with E-state index in [9.17, 15) is 18.4 Å². The number of para-hydroxylation sites is 1. The van der Waals surface area contributed by atoms with Gasteiger partial charge in [-0.3, -0.25) is 4.79 Å². The number of furan rings is 1. The molecule has 0 aliphatic rings. The van der Waals surface area contributed by atoms with Gasteiger partial charge in [-0.15, -0.1) is 0 Å². The van der Waals surface area contributed by atoms with Crippen molar-refractivity contribution < 1.29 is 27.5 Å². The Labute approximate surface area is 185 Å². The number of nitrogens with one attached hydrogen (secondary N) is 1. The highest BCUT2D eigenvalue weighted by Crippen LogP contribution is 2.40. The molecule has 0 spiro atoms. The second-order valence-electron chi connectivity index (χ2n) is 7.21. The maximum absolute atomic E-state index is 13.8. The molecule has 170 valence electrons. The molecule has 3 aromatic rings. The molecule has 0 bridgehead atoms. The first-order valence-electron chi connectivity index (χ1n) is 10.4. The number of esters is 1. The van der Waals surface area contributed by atoms with Crippen LogP contribution in [0.4, 0.5) is 8.78 Å². The van der Waals surface area contributed by atoms with Gasteiger partial charge in [0.05, 0.1) is 12.7 Å². The predicted octanol–water partition coefficient (Wildman–Crippen LogP) is 4.90. The molecule has 0 unspecified atom stereocenters. The first kappa shape index (κ1) is 23.4. The topological polar surface area (TPSA) is 71.8 Å². The molecule has 1 heterocycles. The van der Waals surface area contributed by atoms with Gasteiger partial charge in [0.25, 0.3) is 12.3 Å². The minimum atomic E-state index is -2.87. The Morgan fingerprint density at radius 3 is 2.44 bits per heavy atom. The highest BCUT2D eigenvalue weighted by Gasteiger charge is 2.25. The van der Waals surface area contributed by atoms with E-state index in [0.717, 1.165) is 13.1 Å². The quantitative estimate of drug-likeness (QED) is 0.476. The largest absolute Gasteiger partial charge is 0.465 e. The summed E-state index contributed by atoms with van der Waals surface area (Å²) in [5.41, 5.74) is 0.990. The van der Waals surface area contributed by atoms with E-state index >= 15 is 0 Å². The van der Waals surface area contributed by atoms with Crippen molar-refractivity contribution in [3.05, 3.63) is 59.4 Å². The van der Waals surface area contributed by atoms with Crippen molar-refractivity contribution in [1.82, 2.24) is 10.2 Å². The third kappa shape index (κ3) is 4.96. The van der Waals surface area contributed by atoms with Gasteiger partial charge in [-0.05, 0) is 42.9 Å². The number of ether oxygens (including phenoxy) is 1. The van der Waals surface area contributed by atoms with E-state index in [1.54, 1.807) is 24.3 Å². The summed E-state index contributed by atoms with van der Waals surface area (Å²) in [5.74, 6) is -1.59. The van der Waals surface area contributed by atoms with Crippen molar-refractivity contribution in [3.63, 3.8) is 0 Å². The Kier molecular flexibility index (Phi) is 7.58. The van der Waals surface area contributed by atoms with Gasteiger partial charge >= 0.3 is 5.97 Å². The van der Waals surface area contributed by atoms with Gasteiger partial charge in [0, 0.05) is 29.6 Å². The smallest absolute Gasteiger partial charge is 0.337 e. The Hall–Kier alpha value is -3.26. The van der Waals surface area contributed by atoms with Gasteiger partial charge in [-0.2, -0.15) is 0 Å². The van der Waals surface area contributed by atoms with Crippen LogP contribution >= 0.6 is 0 Å². The van der Waals surface area contributed by atoms with Gasteiger partial charge in [0.15, 0.2) is 5.76 Å². The van der Waals surface area contributed by atoms with Crippen LogP contribution in [0, 0.1) is 0 Å². The molecule has 0 saturated carbocycles. The first-order valence-corrected chi connectivity index (χ1v) is 10.4. The number of likely N-dealkylation sites (N-methyl/N-ethyl adjacent to an activating group) is 1. The second-order valence-corrected chi connectivity index (χ2v) is 7.21. The summed E-state index contributed by atoms with van der Waals surface area (Å²) in [6.07, 6.45) is -2.87. The van der Waals surface area contributed by atoms with Crippen LogP contribution in [0.1, 0.15) is 46.7 Å². The maximum Gasteiger partial charge on any atom is 0.337 e. The number of hydrogen-bond donors (Lipinski definition) is 1. The van der Waals surface area contributed by atoms with Gasteiger partial charge in [-0.1, -0.05) is 32.0 Å². The summed E-state index contributed by atoms with van der Waals surface area (Å²) < 4.78 is 37.7. The Morgan fingerprint density at radius 2 is 1.78 bits per heavy atom. The fourth-order valence-electron chi connectivity index (χ4n) is 3.62. The number of carbonyl (C=O) groups is 2. The van der Waals surface area contributed by atoms with Crippen LogP contribution in [0.2, 0.25) is 0 Å². The molecule has 1 amide bonds. The molecule has 0 aliphatic heterocycles. The number of alkyl halides is 2. The normalized spacial score (nSPS) is 11.3. The van der Waals surface area contributed by atoms with Gasteiger partial charge in [0.1, 0.15) is 5.58 Å². The number of nitrogens with zero attached hydrogens (tertiary/aromatic N) is 1. The standard InChI is InChI=1S/C24H26F2N2O4/c1-4-28(5-2)11-10-27-23(29)16-12-15(13-17(14-16)24(30)31-3)20-18-8-6-7-9-19(18)32-21(20)22(25)26/h6-9,12-14,22H,4-5,10-11H2,1-3H3,(H,27,29). The molecule has 2 aromatic carbocycles. The number of rotatable bonds is 9. The molecule has 8 heteroatoms. The molecule has 0 saturated heterocycles. The van der Waals surface area contributed by atoms with E-state index in [1.807, 2.05) is 13.8 Å². The molecule has 6 nitrogen and oxygen atoms in total. The lowest BCUT2D eigenvalue weighted by Crippen LogP contribution is -2.34. The van der Waals surface area contributed by atoms with Crippen LogP contribution in [0.5, 0.6) is 0 Å². The van der Waals surface area contributed by atoms with Crippen molar-refractivity contribution >= 4 is 22.8 Å². The van der Waals surface area contributed by atoms with E-state index in [1.165, 1.54) is 25.3 Å². The molecular formula is C24H26F2N2O4. The Morgan fingerprint density at radius 1 is 1.09 bits per heavy atom. The molecule has 3 rings (SSSR count). The summed E-state index contributed by atoms with van der Waals surface area (Å²) in [6.45, 7) is 6.87. The molecular weight excluding hydrogens is 418 g/mol. The number of carbonyl (C=O) groups excluding carboxylic acids is 2. The third-order valence-corrected chi connectivity index (χ3v) is 5.33. The number of fused-ring (bicyclic) bond motifs is 1. The summed E-state index contributed by atoms with van der Waals surface area (Å²) >= 11 is 0. The van der Waals surface area contributed by atoms with Crippen molar-refractivity contribution in [1.29, 1.82) is 0 Å². The SMILES string of the molecule is CCN(CC)CCNC(=O)c1cc(C(=O)OC)cc(-c2c(C(F)F)oc3ccccc23)c1. The highest BCUT2D eigenvalue weighted by molar-refractivity contribution is 6.03. The van der Waals surface area contributed by atoms with Crippen molar-refractivity contribution in [2.24, 2.45) is 0 Å². The van der Waals surface area contributed by atoms with Crippen LogP contribution in [0.15, 0.2) is 46.9 Å². The van der Waals surface area contributed by atoms with Gasteiger partial charge < -0.3 is 19.4 Å². The number of hydrogen-bond acceptors (Lipinski definition) is 5. The van der Waals surface area contributed by atoms with E-state index in [2.05, 4.69) is 10.2 Å². The van der Waals surface area contributed by atoms with E-state index in [4.69, 9.17) is 9.15 Å². The maximum atomic E-state index is 13.8. The fourth-order valence-corrected chi connectivity index (χ4v) is 3.62. The lowest BCUT2D eigenvalue weighted by molar-refractivity contribution is 0.0600. The minimum absolute atomic E-state index is 0.0874. The van der Waals surface area contributed by atoms with E-state index in [0.29, 0.717) is 24.1 Å². The average Bonchev–Trinajstić information content (AvgIpc) is 3.21. The van der Waals surface area contributed by atoms with Gasteiger partial charge in [0.2, 0.25) is 0 Å². The first-order chi connectivity index (χ1) is 15.4. The number of amides is 1. The number of halogens is 2. The summed E-state index contributed by atoms with van der Waals surface area (Å²) in [4.78, 5) is 27.2. The monoisotopic (exact) mass is 444 g/mol. The number of methoxy groups -OCH3 is 1. The van der Waals surface area contributed by atoms with Crippen LogP contribution < -0.4 is 5.32 Å². The number of benzene rings is 2. The van der Waals surface area contributed by atoms with Crippen molar-refractivity contribution in [3.8, 4) is 11.1 Å². The third-order valence-electron chi connectivity index (χ3n) is 5.33. The van der Waals surface area contributed by atoms with E-state index < -0.39 is 24.1 Å².